The molecule has 1 rings (SSSR count). The zero-order valence-electron chi connectivity index (χ0n) is 9.88. The fourth-order valence-corrected chi connectivity index (χ4v) is 1.66. The van der Waals surface area contributed by atoms with Crippen molar-refractivity contribution in [3.63, 3.8) is 0 Å². The van der Waals surface area contributed by atoms with Gasteiger partial charge in [0.1, 0.15) is 5.75 Å². The molecule has 0 heterocycles. The molecule has 0 amide bonds. The molecule has 0 saturated carbocycles. The van der Waals surface area contributed by atoms with Gasteiger partial charge >= 0.3 is 0 Å². The van der Waals surface area contributed by atoms with E-state index >= 15 is 0 Å². The van der Waals surface area contributed by atoms with Gasteiger partial charge in [0.2, 0.25) is 0 Å². The summed E-state index contributed by atoms with van der Waals surface area (Å²) in [4.78, 5) is 0. The molecule has 0 aliphatic rings. The Hall–Kier alpha value is -0.770. The van der Waals surface area contributed by atoms with Crippen LogP contribution in [0.15, 0.2) is 18.2 Å². The SMILES string of the molecule is CCNCC(C)(O)c1ccc(Cl)c(OC)c1. The minimum Gasteiger partial charge on any atom is -0.495 e. The van der Waals surface area contributed by atoms with E-state index < -0.39 is 5.60 Å². The maximum Gasteiger partial charge on any atom is 0.137 e. The Balaban J connectivity index is 2.94. The summed E-state index contributed by atoms with van der Waals surface area (Å²) < 4.78 is 5.12. The minimum atomic E-state index is -0.923. The Morgan fingerprint density at radius 1 is 1.50 bits per heavy atom. The number of aliphatic hydroxyl groups is 1. The summed E-state index contributed by atoms with van der Waals surface area (Å²) in [6.07, 6.45) is 0. The fraction of sp³-hybridized carbons (Fsp3) is 0.500. The smallest absolute Gasteiger partial charge is 0.137 e. The van der Waals surface area contributed by atoms with Crippen LogP contribution in [0.2, 0.25) is 5.02 Å². The standard InChI is InChI=1S/C12H18ClNO2/c1-4-14-8-12(2,15)9-5-6-10(13)11(7-9)16-3/h5-7,14-15H,4,8H2,1-3H3. The zero-order chi connectivity index (χ0) is 12.2. The molecule has 90 valence electrons. The average Bonchev–Trinajstić information content (AvgIpc) is 2.27. The van der Waals surface area contributed by atoms with Crippen LogP contribution in [0.1, 0.15) is 19.4 Å². The molecule has 16 heavy (non-hydrogen) atoms. The van der Waals surface area contributed by atoms with Crippen molar-refractivity contribution in [1.82, 2.24) is 5.32 Å². The normalized spacial score (nSPS) is 14.6. The third-order valence-corrected chi connectivity index (χ3v) is 2.80. The number of rotatable bonds is 5. The van der Waals surface area contributed by atoms with Crippen LogP contribution >= 0.6 is 11.6 Å². The predicted octanol–water partition coefficient (Wildman–Crippen LogP) is 2.17. The molecular weight excluding hydrogens is 226 g/mol. The number of benzene rings is 1. The molecular formula is C12H18ClNO2. The number of halogens is 1. The van der Waals surface area contributed by atoms with Crippen LogP contribution in [0.25, 0.3) is 0 Å². The van der Waals surface area contributed by atoms with Gasteiger partial charge in [-0.1, -0.05) is 24.6 Å². The lowest BCUT2D eigenvalue weighted by Crippen LogP contribution is -2.35. The first-order chi connectivity index (χ1) is 7.51. The topological polar surface area (TPSA) is 41.5 Å². The van der Waals surface area contributed by atoms with Crippen molar-refractivity contribution < 1.29 is 9.84 Å². The molecule has 1 aromatic carbocycles. The Morgan fingerprint density at radius 2 is 2.19 bits per heavy atom. The predicted molar refractivity (Wildman–Crippen MR) is 66.1 cm³/mol. The molecule has 1 unspecified atom stereocenters. The van der Waals surface area contributed by atoms with Crippen molar-refractivity contribution in [2.45, 2.75) is 19.4 Å². The summed E-state index contributed by atoms with van der Waals surface area (Å²) in [7, 11) is 1.56. The van der Waals surface area contributed by atoms with E-state index in [1.807, 2.05) is 13.0 Å². The third-order valence-electron chi connectivity index (χ3n) is 2.49. The highest BCUT2D eigenvalue weighted by atomic mass is 35.5. The summed E-state index contributed by atoms with van der Waals surface area (Å²) in [6.45, 7) is 5.08. The van der Waals surface area contributed by atoms with Crippen LogP contribution in [-0.2, 0) is 5.60 Å². The lowest BCUT2D eigenvalue weighted by molar-refractivity contribution is 0.0574. The van der Waals surface area contributed by atoms with Gasteiger partial charge in [-0.3, -0.25) is 0 Å². The van der Waals surface area contributed by atoms with Gasteiger partial charge in [0.25, 0.3) is 0 Å². The van der Waals surface area contributed by atoms with Crippen LogP contribution in [0, 0.1) is 0 Å². The van der Waals surface area contributed by atoms with Crippen molar-refractivity contribution >= 4 is 11.6 Å². The van der Waals surface area contributed by atoms with E-state index in [0.717, 1.165) is 12.1 Å². The van der Waals surface area contributed by atoms with Crippen molar-refractivity contribution in [1.29, 1.82) is 0 Å². The van der Waals surface area contributed by atoms with E-state index in [-0.39, 0.29) is 0 Å². The van der Waals surface area contributed by atoms with Crippen molar-refractivity contribution in [2.75, 3.05) is 20.2 Å². The third kappa shape index (κ3) is 3.11. The molecule has 0 spiro atoms. The maximum absolute atomic E-state index is 10.3. The van der Waals surface area contributed by atoms with E-state index in [9.17, 15) is 5.11 Å². The lowest BCUT2D eigenvalue weighted by Gasteiger charge is -2.24. The average molecular weight is 244 g/mol. The second kappa shape index (κ2) is 5.53. The molecule has 0 aliphatic heterocycles. The number of methoxy groups -OCH3 is 1. The fourth-order valence-electron chi connectivity index (χ4n) is 1.47. The van der Waals surface area contributed by atoms with Gasteiger partial charge in [-0.2, -0.15) is 0 Å². The molecule has 1 atom stereocenters. The van der Waals surface area contributed by atoms with E-state index in [2.05, 4.69) is 5.32 Å². The van der Waals surface area contributed by atoms with Crippen molar-refractivity contribution in [3.05, 3.63) is 28.8 Å². The molecule has 3 nitrogen and oxygen atoms in total. The van der Waals surface area contributed by atoms with Gasteiger partial charge in [0, 0.05) is 6.54 Å². The minimum absolute atomic E-state index is 0.494. The van der Waals surface area contributed by atoms with Crippen LogP contribution in [0.5, 0.6) is 5.75 Å². The van der Waals surface area contributed by atoms with E-state index in [1.54, 1.807) is 26.2 Å². The first-order valence-electron chi connectivity index (χ1n) is 5.28. The van der Waals surface area contributed by atoms with Gasteiger partial charge < -0.3 is 15.2 Å². The van der Waals surface area contributed by atoms with Crippen molar-refractivity contribution in [2.24, 2.45) is 0 Å². The highest BCUT2D eigenvalue weighted by molar-refractivity contribution is 6.32. The Labute approximate surface area is 101 Å². The summed E-state index contributed by atoms with van der Waals surface area (Å²) in [6, 6.07) is 5.30. The molecule has 1 aromatic rings. The second-order valence-corrected chi connectivity index (χ2v) is 4.31. The van der Waals surface area contributed by atoms with Gasteiger partial charge in [-0.25, -0.2) is 0 Å². The number of likely N-dealkylation sites (N-methyl/N-ethyl adjacent to an activating group) is 1. The van der Waals surface area contributed by atoms with Crippen LogP contribution in [-0.4, -0.2) is 25.3 Å². The molecule has 2 N–H and O–H groups in total. The molecule has 0 radical (unpaired) electrons. The first kappa shape index (κ1) is 13.3. The van der Waals surface area contributed by atoms with E-state index in [1.165, 1.54) is 0 Å². The molecule has 0 saturated heterocycles. The molecule has 0 fully saturated rings. The molecule has 0 aliphatic carbocycles. The van der Waals surface area contributed by atoms with E-state index in [0.29, 0.717) is 17.3 Å². The second-order valence-electron chi connectivity index (χ2n) is 3.90. The molecule has 0 aromatic heterocycles. The number of nitrogens with one attached hydrogen (secondary N) is 1. The monoisotopic (exact) mass is 243 g/mol. The first-order valence-corrected chi connectivity index (χ1v) is 5.66. The Bertz CT molecular complexity index is 353. The Morgan fingerprint density at radius 3 is 2.75 bits per heavy atom. The highest BCUT2D eigenvalue weighted by Gasteiger charge is 2.23. The summed E-state index contributed by atoms with van der Waals surface area (Å²) in [5, 5.41) is 13.9. The van der Waals surface area contributed by atoms with Crippen LogP contribution in [0.3, 0.4) is 0 Å². The highest BCUT2D eigenvalue weighted by Crippen LogP contribution is 2.29. The summed E-state index contributed by atoms with van der Waals surface area (Å²) >= 11 is 5.93. The zero-order valence-corrected chi connectivity index (χ0v) is 10.6. The summed E-state index contributed by atoms with van der Waals surface area (Å²) in [5.74, 6) is 0.580. The van der Waals surface area contributed by atoms with Gasteiger partial charge in [0.15, 0.2) is 0 Å². The maximum atomic E-state index is 10.3. The van der Waals surface area contributed by atoms with Crippen molar-refractivity contribution in [3.8, 4) is 5.75 Å². The quantitative estimate of drug-likeness (QED) is 0.833. The largest absolute Gasteiger partial charge is 0.495 e. The Kier molecular flexibility index (Phi) is 4.59. The lowest BCUT2D eigenvalue weighted by atomic mass is 9.96. The summed E-state index contributed by atoms with van der Waals surface area (Å²) in [5.41, 5.74) is -0.136. The number of ether oxygens (including phenoxy) is 1. The molecule has 4 heteroatoms. The van der Waals surface area contributed by atoms with Gasteiger partial charge in [-0.15, -0.1) is 0 Å². The van der Waals surface area contributed by atoms with Gasteiger partial charge in [0.05, 0.1) is 17.7 Å². The number of hydrogen-bond acceptors (Lipinski definition) is 3. The number of hydrogen-bond donors (Lipinski definition) is 2. The van der Waals surface area contributed by atoms with Crippen LogP contribution < -0.4 is 10.1 Å². The van der Waals surface area contributed by atoms with Crippen LogP contribution in [0.4, 0.5) is 0 Å². The molecule has 0 bridgehead atoms. The van der Waals surface area contributed by atoms with Gasteiger partial charge in [-0.05, 0) is 31.2 Å². The van der Waals surface area contributed by atoms with E-state index in [4.69, 9.17) is 16.3 Å².